The highest BCUT2D eigenvalue weighted by Gasteiger charge is 2.18. The van der Waals surface area contributed by atoms with E-state index in [1.54, 1.807) is 38.1 Å². The van der Waals surface area contributed by atoms with Crippen molar-refractivity contribution in [3.8, 4) is 11.6 Å². The third-order valence-electron chi connectivity index (χ3n) is 3.14. The molecule has 0 unspecified atom stereocenters. The first-order valence-electron chi connectivity index (χ1n) is 6.26. The summed E-state index contributed by atoms with van der Waals surface area (Å²) in [4.78, 5) is 0. The molecule has 0 saturated carbocycles. The largest absolute Gasteiger partial charge is 0.437 e. The minimum absolute atomic E-state index is 0.109. The van der Waals surface area contributed by atoms with Crippen molar-refractivity contribution < 1.29 is 15.1 Å². The lowest BCUT2D eigenvalue weighted by Crippen LogP contribution is -2.18. The maximum absolute atomic E-state index is 9.32. The van der Waals surface area contributed by atoms with Crippen molar-refractivity contribution in [3.63, 3.8) is 0 Å². The van der Waals surface area contributed by atoms with Crippen molar-refractivity contribution in [2.75, 3.05) is 0 Å². The lowest BCUT2D eigenvalue weighted by atomic mass is 10.1. The molecule has 0 aliphatic carbocycles. The van der Waals surface area contributed by atoms with Gasteiger partial charge in [0, 0.05) is 5.56 Å². The molecule has 21 heavy (non-hydrogen) atoms. The van der Waals surface area contributed by atoms with Gasteiger partial charge < -0.3 is 20.8 Å². The molecular weight excluding hydrogens is 272 g/mol. The van der Waals surface area contributed by atoms with E-state index in [4.69, 9.17) is 15.7 Å². The Morgan fingerprint density at radius 1 is 1.29 bits per heavy atom. The van der Waals surface area contributed by atoms with Crippen LogP contribution in [-0.4, -0.2) is 26.3 Å². The summed E-state index contributed by atoms with van der Waals surface area (Å²) in [5.74, 6) is 0.445. The van der Waals surface area contributed by atoms with Crippen molar-refractivity contribution >= 4 is 5.84 Å². The van der Waals surface area contributed by atoms with Gasteiger partial charge in [0.05, 0.1) is 17.9 Å². The molecule has 0 aliphatic rings. The van der Waals surface area contributed by atoms with Gasteiger partial charge in [-0.15, -0.1) is 5.10 Å². The van der Waals surface area contributed by atoms with E-state index in [1.807, 2.05) is 0 Å². The fourth-order valence-corrected chi connectivity index (χ4v) is 1.85. The van der Waals surface area contributed by atoms with E-state index in [-0.39, 0.29) is 18.3 Å². The maximum atomic E-state index is 9.32. The number of aromatic nitrogens is 2. The molecular formula is C14H16N4O3. The third kappa shape index (κ3) is 2.92. The van der Waals surface area contributed by atoms with Gasteiger partial charge in [0.25, 0.3) is 0 Å². The summed E-state index contributed by atoms with van der Waals surface area (Å²) in [5, 5.41) is 29.2. The first-order chi connectivity index (χ1) is 10.1. The van der Waals surface area contributed by atoms with E-state index >= 15 is 0 Å². The fourth-order valence-electron chi connectivity index (χ4n) is 1.85. The smallest absolute Gasteiger partial charge is 0.250 e. The molecule has 1 heterocycles. The molecule has 7 heteroatoms. The maximum Gasteiger partial charge on any atom is 0.250 e. The second kappa shape index (κ2) is 6.19. The van der Waals surface area contributed by atoms with Gasteiger partial charge >= 0.3 is 0 Å². The van der Waals surface area contributed by atoms with Crippen LogP contribution in [0.25, 0.3) is 0 Å². The van der Waals surface area contributed by atoms with Gasteiger partial charge in [0.15, 0.2) is 5.84 Å². The number of oxime groups is 1. The molecule has 0 saturated heterocycles. The van der Waals surface area contributed by atoms with Crippen LogP contribution in [0.3, 0.4) is 0 Å². The third-order valence-corrected chi connectivity index (χ3v) is 3.14. The highest BCUT2D eigenvalue weighted by atomic mass is 16.5. The standard InChI is InChI=1S/C14H16N4O3/c1-8-9(2)16-17-14(12(8)13(15)18-20)21-11-6-4-3-5-10(11)7-19/h3-6,19-20H,7H2,1-2H3,(H2,15,18). The van der Waals surface area contributed by atoms with Crippen LogP contribution < -0.4 is 10.5 Å². The number of nitrogens with two attached hydrogens (primary N) is 1. The summed E-state index contributed by atoms with van der Waals surface area (Å²) in [5.41, 5.74) is 8.02. The number of nitrogens with zero attached hydrogens (tertiary/aromatic N) is 3. The van der Waals surface area contributed by atoms with Gasteiger partial charge in [-0.05, 0) is 25.5 Å². The Balaban J connectivity index is 2.52. The predicted octanol–water partition coefficient (Wildman–Crippen LogP) is 1.47. The Labute approximate surface area is 121 Å². The number of amidine groups is 1. The van der Waals surface area contributed by atoms with Crippen LogP contribution in [0.2, 0.25) is 0 Å². The Kier molecular flexibility index (Phi) is 4.34. The van der Waals surface area contributed by atoms with Gasteiger partial charge in [0.1, 0.15) is 5.75 Å². The normalized spacial score (nSPS) is 11.5. The Hall–Kier alpha value is -2.67. The highest BCUT2D eigenvalue weighted by molar-refractivity contribution is 6.00. The van der Waals surface area contributed by atoms with Crippen molar-refractivity contribution in [1.82, 2.24) is 10.2 Å². The molecule has 0 bridgehead atoms. The lowest BCUT2D eigenvalue weighted by Gasteiger charge is -2.13. The average Bonchev–Trinajstić information content (AvgIpc) is 2.51. The van der Waals surface area contributed by atoms with Crippen LogP contribution in [0, 0.1) is 13.8 Å². The highest BCUT2D eigenvalue weighted by Crippen LogP contribution is 2.28. The van der Waals surface area contributed by atoms with E-state index in [0.29, 0.717) is 28.1 Å². The Morgan fingerprint density at radius 2 is 2.00 bits per heavy atom. The fraction of sp³-hybridized carbons (Fsp3) is 0.214. The van der Waals surface area contributed by atoms with Gasteiger partial charge in [-0.3, -0.25) is 0 Å². The van der Waals surface area contributed by atoms with E-state index < -0.39 is 0 Å². The molecule has 2 rings (SSSR count). The van der Waals surface area contributed by atoms with E-state index in [1.165, 1.54) is 0 Å². The number of aryl methyl sites for hydroxylation is 1. The average molecular weight is 288 g/mol. The minimum atomic E-state index is -0.173. The first kappa shape index (κ1) is 14.7. The zero-order valence-corrected chi connectivity index (χ0v) is 11.7. The lowest BCUT2D eigenvalue weighted by molar-refractivity contribution is 0.276. The summed E-state index contributed by atoms with van der Waals surface area (Å²) < 4.78 is 5.68. The van der Waals surface area contributed by atoms with Gasteiger partial charge in [-0.1, -0.05) is 23.4 Å². The molecule has 0 fully saturated rings. The molecule has 0 radical (unpaired) electrons. The summed E-state index contributed by atoms with van der Waals surface area (Å²) >= 11 is 0. The van der Waals surface area contributed by atoms with E-state index in [0.717, 1.165) is 0 Å². The number of aliphatic hydroxyl groups excluding tert-OH is 1. The van der Waals surface area contributed by atoms with Gasteiger partial charge in [-0.2, -0.15) is 5.10 Å². The zero-order valence-electron chi connectivity index (χ0n) is 11.7. The van der Waals surface area contributed by atoms with Crippen LogP contribution >= 0.6 is 0 Å². The number of benzene rings is 1. The number of rotatable bonds is 4. The van der Waals surface area contributed by atoms with Crippen LogP contribution in [-0.2, 0) is 6.61 Å². The number of aliphatic hydroxyl groups is 1. The predicted molar refractivity (Wildman–Crippen MR) is 76.5 cm³/mol. The summed E-state index contributed by atoms with van der Waals surface area (Å²) in [6, 6.07) is 6.98. The van der Waals surface area contributed by atoms with Gasteiger partial charge in [-0.25, -0.2) is 0 Å². The number of hydrogen-bond donors (Lipinski definition) is 3. The molecule has 4 N–H and O–H groups in total. The van der Waals surface area contributed by atoms with Crippen LogP contribution in [0.4, 0.5) is 0 Å². The van der Waals surface area contributed by atoms with Crippen LogP contribution in [0.5, 0.6) is 11.6 Å². The summed E-state index contributed by atoms with van der Waals surface area (Å²) in [7, 11) is 0. The quantitative estimate of drug-likeness (QED) is 0.340. The second-order valence-electron chi connectivity index (χ2n) is 4.44. The Morgan fingerprint density at radius 3 is 2.67 bits per heavy atom. The molecule has 2 aromatic rings. The molecule has 110 valence electrons. The molecule has 7 nitrogen and oxygen atoms in total. The van der Waals surface area contributed by atoms with Crippen molar-refractivity contribution in [1.29, 1.82) is 0 Å². The summed E-state index contributed by atoms with van der Waals surface area (Å²) in [6.45, 7) is 3.37. The molecule has 0 spiro atoms. The van der Waals surface area contributed by atoms with Gasteiger partial charge in [0.2, 0.25) is 5.88 Å². The number of ether oxygens (including phenoxy) is 1. The Bertz CT molecular complexity index is 686. The van der Waals surface area contributed by atoms with Crippen LogP contribution in [0.1, 0.15) is 22.4 Å². The molecule has 0 aliphatic heterocycles. The molecule has 0 amide bonds. The second-order valence-corrected chi connectivity index (χ2v) is 4.44. The first-order valence-corrected chi connectivity index (χ1v) is 6.26. The number of para-hydroxylation sites is 1. The molecule has 1 aromatic carbocycles. The van der Waals surface area contributed by atoms with Crippen molar-refractivity contribution in [2.45, 2.75) is 20.5 Å². The molecule has 0 atom stereocenters. The summed E-state index contributed by atoms with van der Waals surface area (Å²) in [6.07, 6.45) is 0. The SMILES string of the molecule is Cc1nnc(Oc2ccccc2CO)c(C(N)=NO)c1C. The topological polar surface area (TPSA) is 114 Å². The number of hydrogen-bond acceptors (Lipinski definition) is 6. The molecule has 1 aromatic heterocycles. The minimum Gasteiger partial charge on any atom is -0.437 e. The van der Waals surface area contributed by atoms with Crippen molar-refractivity contribution in [3.05, 3.63) is 46.6 Å². The van der Waals surface area contributed by atoms with Crippen LogP contribution in [0.15, 0.2) is 29.4 Å². The zero-order chi connectivity index (χ0) is 15.4. The monoisotopic (exact) mass is 288 g/mol. The van der Waals surface area contributed by atoms with E-state index in [2.05, 4.69) is 15.4 Å². The van der Waals surface area contributed by atoms with E-state index in [9.17, 15) is 5.11 Å². The van der Waals surface area contributed by atoms with Crippen molar-refractivity contribution in [2.24, 2.45) is 10.9 Å².